The molecule has 0 saturated carbocycles. The molecule has 1 heterocycles. The van der Waals surface area contributed by atoms with E-state index in [9.17, 15) is 4.79 Å². The molecule has 0 aliphatic carbocycles. The average molecular weight is 260 g/mol. The highest BCUT2D eigenvalue weighted by atomic mass is 16.1. The first-order chi connectivity index (χ1) is 9.19. The Kier molecular flexibility index (Phi) is 4.39. The van der Waals surface area contributed by atoms with Crippen LogP contribution in [0, 0.1) is 0 Å². The van der Waals surface area contributed by atoms with Crippen LogP contribution in [0.2, 0.25) is 0 Å². The Morgan fingerprint density at radius 3 is 3.05 bits per heavy atom. The second kappa shape index (κ2) is 6.22. The first kappa shape index (κ1) is 13.4. The SMILES string of the molecule is CNC(=O)c1cccc(CCNC2=NCC(C)N2)c1. The zero-order chi connectivity index (χ0) is 13.7. The molecule has 102 valence electrons. The smallest absolute Gasteiger partial charge is 0.251 e. The van der Waals surface area contributed by atoms with E-state index in [-0.39, 0.29) is 5.91 Å². The summed E-state index contributed by atoms with van der Waals surface area (Å²) in [5.41, 5.74) is 1.84. The molecule has 0 radical (unpaired) electrons. The maximum Gasteiger partial charge on any atom is 0.251 e. The molecular weight excluding hydrogens is 240 g/mol. The monoisotopic (exact) mass is 260 g/mol. The number of hydrogen-bond acceptors (Lipinski definition) is 4. The molecule has 5 heteroatoms. The van der Waals surface area contributed by atoms with Gasteiger partial charge in [-0.3, -0.25) is 9.79 Å². The topological polar surface area (TPSA) is 65.5 Å². The molecule has 1 unspecified atom stereocenters. The fourth-order valence-corrected chi connectivity index (χ4v) is 2.00. The Morgan fingerprint density at radius 2 is 2.37 bits per heavy atom. The molecule has 0 aromatic heterocycles. The summed E-state index contributed by atoms with van der Waals surface area (Å²) >= 11 is 0. The molecule has 5 nitrogen and oxygen atoms in total. The van der Waals surface area contributed by atoms with Crippen LogP contribution in [-0.4, -0.2) is 38.0 Å². The number of guanidine groups is 1. The second-order valence-corrected chi connectivity index (χ2v) is 4.69. The van der Waals surface area contributed by atoms with Gasteiger partial charge >= 0.3 is 0 Å². The maximum absolute atomic E-state index is 11.5. The van der Waals surface area contributed by atoms with Gasteiger partial charge in [-0.2, -0.15) is 0 Å². The van der Waals surface area contributed by atoms with Crippen molar-refractivity contribution in [2.45, 2.75) is 19.4 Å². The number of rotatable bonds is 4. The van der Waals surface area contributed by atoms with Gasteiger partial charge in [-0.05, 0) is 31.0 Å². The van der Waals surface area contributed by atoms with Gasteiger partial charge < -0.3 is 16.0 Å². The molecule has 0 saturated heterocycles. The lowest BCUT2D eigenvalue weighted by Gasteiger charge is -2.09. The van der Waals surface area contributed by atoms with Crippen molar-refractivity contribution in [1.29, 1.82) is 0 Å². The lowest BCUT2D eigenvalue weighted by Crippen LogP contribution is -2.38. The van der Waals surface area contributed by atoms with Crippen LogP contribution >= 0.6 is 0 Å². The summed E-state index contributed by atoms with van der Waals surface area (Å²) in [5, 5.41) is 9.15. The minimum atomic E-state index is -0.0505. The summed E-state index contributed by atoms with van der Waals surface area (Å²) in [4.78, 5) is 15.9. The van der Waals surface area contributed by atoms with Gasteiger partial charge in [0.15, 0.2) is 5.96 Å². The van der Waals surface area contributed by atoms with E-state index in [1.807, 2.05) is 24.3 Å². The number of benzene rings is 1. The zero-order valence-corrected chi connectivity index (χ0v) is 11.4. The Bertz CT molecular complexity index is 484. The predicted molar refractivity (Wildman–Crippen MR) is 76.4 cm³/mol. The molecule has 19 heavy (non-hydrogen) atoms. The van der Waals surface area contributed by atoms with E-state index in [2.05, 4.69) is 27.9 Å². The van der Waals surface area contributed by atoms with Crippen molar-refractivity contribution in [1.82, 2.24) is 16.0 Å². The lowest BCUT2D eigenvalue weighted by atomic mass is 10.1. The second-order valence-electron chi connectivity index (χ2n) is 4.69. The molecule has 1 aromatic carbocycles. The highest BCUT2D eigenvalue weighted by Gasteiger charge is 2.11. The summed E-state index contributed by atoms with van der Waals surface area (Å²) in [7, 11) is 1.64. The average Bonchev–Trinajstić information content (AvgIpc) is 2.84. The quantitative estimate of drug-likeness (QED) is 0.740. The molecule has 0 spiro atoms. The third-order valence-corrected chi connectivity index (χ3v) is 3.03. The van der Waals surface area contributed by atoms with Gasteiger partial charge in [0.25, 0.3) is 5.91 Å². The van der Waals surface area contributed by atoms with Crippen LogP contribution in [-0.2, 0) is 6.42 Å². The summed E-state index contributed by atoms with van der Waals surface area (Å²) in [6, 6.07) is 8.10. The van der Waals surface area contributed by atoms with Crippen LogP contribution in [0.1, 0.15) is 22.8 Å². The van der Waals surface area contributed by atoms with Crippen LogP contribution < -0.4 is 16.0 Å². The number of carbonyl (C=O) groups is 1. The fourth-order valence-electron chi connectivity index (χ4n) is 2.00. The van der Waals surface area contributed by atoms with Crippen LogP contribution in [0.3, 0.4) is 0 Å². The van der Waals surface area contributed by atoms with Crippen molar-refractivity contribution in [2.75, 3.05) is 20.1 Å². The van der Waals surface area contributed by atoms with E-state index in [1.165, 1.54) is 0 Å². The van der Waals surface area contributed by atoms with Gasteiger partial charge in [-0.25, -0.2) is 0 Å². The third-order valence-electron chi connectivity index (χ3n) is 3.03. The van der Waals surface area contributed by atoms with E-state index in [0.29, 0.717) is 11.6 Å². The Morgan fingerprint density at radius 1 is 1.53 bits per heavy atom. The number of aliphatic imine (C=N–C) groups is 1. The van der Waals surface area contributed by atoms with Gasteiger partial charge in [0.05, 0.1) is 6.54 Å². The van der Waals surface area contributed by atoms with E-state index in [4.69, 9.17) is 0 Å². The van der Waals surface area contributed by atoms with Crippen LogP contribution in [0.15, 0.2) is 29.3 Å². The van der Waals surface area contributed by atoms with E-state index in [0.717, 1.165) is 31.0 Å². The standard InChI is InChI=1S/C14H20N4O/c1-10-9-17-14(18-10)16-7-6-11-4-3-5-12(8-11)13(19)15-2/h3-5,8,10H,6-7,9H2,1-2H3,(H,15,19)(H2,16,17,18). The van der Waals surface area contributed by atoms with Crippen LogP contribution in [0.25, 0.3) is 0 Å². The van der Waals surface area contributed by atoms with Gasteiger partial charge in [-0.15, -0.1) is 0 Å². The minimum absolute atomic E-state index is 0.0505. The number of hydrogen-bond donors (Lipinski definition) is 3. The predicted octanol–water partition coefficient (Wildman–Crippen LogP) is 0.526. The van der Waals surface area contributed by atoms with Crippen molar-refractivity contribution < 1.29 is 4.79 Å². The number of amides is 1. The van der Waals surface area contributed by atoms with Gasteiger partial charge in [-0.1, -0.05) is 12.1 Å². The molecule has 1 atom stereocenters. The summed E-state index contributed by atoms with van der Waals surface area (Å²) in [5.74, 6) is 0.820. The number of carbonyl (C=O) groups excluding carboxylic acids is 1. The van der Waals surface area contributed by atoms with Gasteiger partial charge in [0.2, 0.25) is 0 Å². The van der Waals surface area contributed by atoms with Crippen molar-refractivity contribution in [3.63, 3.8) is 0 Å². The summed E-state index contributed by atoms with van der Waals surface area (Å²) in [6.07, 6.45) is 0.861. The third kappa shape index (κ3) is 3.71. The zero-order valence-electron chi connectivity index (χ0n) is 11.4. The molecule has 2 rings (SSSR count). The first-order valence-electron chi connectivity index (χ1n) is 6.55. The normalized spacial score (nSPS) is 17.6. The molecule has 1 amide bonds. The molecule has 3 N–H and O–H groups in total. The highest BCUT2D eigenvalue weighted by molar-refractivity contribution is 5.94. The van der Waals surface area contributed by atoms with Gasteiger partial charge in [0, 0.05) is 25.2 Å². The molecular formula is C14H20N4O. The van der Waals surface area contributed by atoms with Crippen LogP contribution in [0.5, 0.6) is 0 Å². The van der Waals surface area contributed by atoms with Crippen molar-refractivity contribution in [2.24, 2.45) is 4.99 Å². The van der Waals surface area contributed by atoms with Crippen molar-refractivity contribution in [3.05, 3.63) is 35.4 Å². The summed E-state index contributed by atoms with van der Waals surface area (Å²) in [6.45, 7) is 3.73. The van der Waals surface area contributed by atoms with Crippen molar-refractivity contribution in [3.8, 4) is 0 Å². The van der Waals surface area contributed by atoms with E-state index >= 15 is 0 Å². The number of nitrogens with zero attached hydrogens (tertiary/aromatic N) is 1. The largest absolute Gasteiger partial charge is 0.356 e. The van der Waals surface area contributed by atoms with Crippen molar-refractivity contribution >= 4 is 11.9 Å². The Labute approximate surface area is 113 Å². The molecule has 1 aliphatic rings. The summed E-state index contributed by atoms with van der Waals surface area (Å²) < 4.78 is 0. The molecule has 0 fully saturated rings. The fraction of sp³-hybridized carbons (Fsp3) is 0.429. The molecule has 0 bridgehead atoms. The van der Waals surface area contributed by atoms with Gasteiger partial charge in [0.1, 0.15) is 0 Å². The first-order valence-corrected chi connectivity index (χ1v) is 6.55. The molecule has 1 aliphatic heterocycles. The Balaban J connectivity index is 1.84. The lowest BCUT2D eigenvalue weighted by molar-refractivity contribution is 0.0963. The molecule has 1 aromatic rings. The van der Waals surface area contributed by atoms with E-state index < -0.39 is 0 Å². The highest BCUT2D eigenvalue weighted by Crippen LogP contribution is 2.05. The maximum atomic E-state index is 11.5. The Hall–Kier alpha value is -2.04. The number of nitrogens with one attached hydrogen (secondary N) is 3. The minimum Gasteiger partial charge on any atom is -0.356 e. The van der Waals surface area contributed by atoms with E-state index in [1.54, 1.807) is 7.05 Å². The van der Waals surface area contributed by atoms with Crippen LogP contribution in [0.4, 0.5) is 0 Å².